The Morgan fingerprint density at radius 2 is 1.76 bits per heavy atom. The van der Waals surface area contributed by atoms with E-state index in [-0.39, 0.29) is 17.9 Å². The number of ether oxygens (including phenoxy) is 3. The summed E-state index contributed by atoms with van der Waals surface area (Å²) in [5.74, 6) is -1.09. The Bertz CT molecular complexity index is 1050. The molecule has 2 atom stereocenters. The molecule has 2 aromatic carbocycles. The zero-order valence-corrected chi connectivity index (χ0v) is 22.8. The first kappa shape index (κ1) is 29.6. The van der Waals surface area contributed by atoms with Gasteiger partial charge in [-0.2, -0.15) is 0 Å². The maximum absolute atomic E-state index is 12.5. The van der Waals surface area contributed by atoms with Gasteiger partial charge in [-0.25, -0.2) is 0 Å². The van der Waals surface area contributed by atoms with E-state index in [1.807, 2.05) is 72.5 Å². The number of carbonyl (C=O) groups is 2. The second kappa shape index (κ2) is 14.8. The summed E-state index contributed by atoms with van der Waals surface area (Å²) < 4.78 is 16.7. The summed E-state index contributed by atoms with van der Waals surface area (Å²) in [5, 5.41) is 11.0. The van der Waals surface area contributed by atoms with Crippen LogP contribution in [0.5, 0.6) is 0 Å². The molecule has 1 amide bonds. The van der Waals surface area contributed by atoms with E-state index in [9.17, 15) is 14.7 Å². The molecular weight excluding hydrogens is 482 g/mol. The van der Waals surface area contributed by atoms with Crippen LogP contribution < -0.4 is 0 Å². The van der Waals surface area contributed by atoms with E-state index in [0.29, 0.717) is 31.6 Å². The number of esters is 1. The highest BCUT2D eigenvalue weighted by molar-refractivity contribution is 5.79. The number of aliphatic hydroxyl groups excluding tert-OH is 1. The average molecular weight is 524 g/mol. The van der Waals surface area contributed by atoms with E-state index >= 15 is 0 Å². The number of rotatable bonds is 15. The third kappa shape index (κ3) is 7.53. The summed E-state index contributed by atoms with van der Waals surface area (Å²) in [6, 6.07) is 17.2. The summed E-state index contributed by atoms with van der Waals surface area (Å²) in [6.45, 7) is 2.91. The minimum Gasteiger partial charge on any atom is -0.466 e. The van der Waals surface area contributed by atoms with E-state index < -0.39 is 11.9 Å². The van der Waals surface area contributed by atoms with Gasteiger partial charge in [0.1, 0.15) is 0 Å². The number of aliphatic hydroxyl groups is 1. The number of nitrogens with zero attached hydrogens (tertiary/aromatic N) is 1. The van der Waals surface area contributed by atoms with Crippen LogP contribution in [0.1, 0.15) is 74.7 Å². The Morgan fingerprint density at radius 3 is 2.47 bits per heavy atom. The molecule has 2 aromatic rings. The zero-order chi connectivity index (χ0) is 27.4. The van der Waals surface area contributed by atoms with Crippen molar-refractivity contribution in [2.75, 3.05) is 27.4 Å². The maximum atomic E-state index is 12.5. The summed E-state index contributed by atoms with van der Waals surface area (Å²) in [5.41, 5.74) is 2.35. The molecule has 0 saturated carbocycles. The second-order valence-electron chi connectivity index (χ2n) is 9.51. The van der Waals surface area contributed by atoms with Gasteiger partial charge in [0.25, 0.3) is 0 Å². The Kier molecular flexibility index (Phi) is 11.5. The summed E-state index contributed by atoms with van der Waals surface area (Å²) in [6.07, 6.45) is 8.16. The van der Waals surface area contributed by atoms with Crippen LogP contribution >= 0.6 is 0 Å². The third-order valence-corrected chi connectivity index (χ3v) is 7.06. The first-order valence-corrected chi connectivity index (χ1v) is 13.5. The van der Waals surface area contributed by atoms with E-state index in [1.54, 1.807) is 20.3 Å². The monoisotopic (exact) mass is 523 g/mol. The Labute approximate surface area is 226 Å². The highest BCUT2D eigenvalue weighted by atomic mass is 16.7. The lowest BCUT2D eigenvalue weighted by Gasteiger charge is -2.32. The van der Waals surface area contributed by atoms with Crippen LogP contribution in [0.15, 0.2) is 66.7 Å². The molecule has 7 heteroatoms. The lowest BCUT2D eigenvalue weighted by molar-refractivity contribution is -0.183. The number of likely N-dealkylation sites (tertiary alicyclic amines) is 1. The van der Waals surface area contributed by atoms with Crippen molar-refractivity contribution in [2.24, 2.45) is 0 Å². The molecule has 0 aromatic heterocycles. The van der Waals surface area contributed by atoms with Crippen LogP contribution in [0, 0.1) is 0 Å². The van der Waals surface area contributed by atoms with Crippen molar-refractivity contribution in [1.82, 2.24) is 4.90 Å². The topological polar surface area (TPSA) is 85.3 Å². The molecule has 3 rings (SSSR count). The predicted molar refractivity (Wildman–Crippen MR) is 146 cm³/mol. The zero-order valence-electron chi connectivity index (χ0n) is 22.8. The lowest BCUT2D eigenvalue weighted by atomic mass is 9.94. The van der Waals surface area contributed by atoms with Crippen molar-refractivity contribution in [3.8, 4) is 0 Å². The van der Waals surface area contributed by atoms with Gasteiger partial charge >= 0.3 is 5.97 Å². The van der Waals surface area contributed by atoms with Crippen LogP contribution in [0.3, 0.4) is 0 Å². The molecule has 7 nitrogen and oxygen atoms in total. The van der Waals surface area contributed by atoms with Gasteiger partial charge in [0.2, 0.25) is 11.7 Å². The number of carbonyl (C=O) groups excluding carboxylic acids is 2. The molecule has 1 heterocycles. The molecule has 0 spiro atoms. The molecule has 206 valence electrons. The maximum Gasteiger partial charge on any atom is 0.305 e. The molecule has 1 fully saturated rings. The number of methoxy groups -OCH3 is 2. The Morgan fingerprint density at radius 1 is 1.05 bits per heavy atom. The molecule has 0 bridgehead atoms. The van der Waals surface area contributed by atoms with E-state index in [1.165, 1.54) is 0 Å². The van der Waals surface area contributed by atoms with Crippen molar-refractivity contribution in [3.05, 3.63) is 83.4 Å². The standard InChI is InChI=1S/C31H41NO6/c1-4-38-30(35)17-10-5-6-11-22-32-27(19-21-29(32)34)18-20-28(33)24-13-12-16-26(23-24)31(36-2,37-3)25-14-8-7-9-15-25/h7-9,12-16,18,20,23,27-28,33H,4-6,10-11,17,19,21-22H2,1-3H3/t27-,28?/m0/s1. The van der Waals surface area contributed by atoms with Crippen molar-refractivity contribution in [2.45, 2.75) is 69.8 Å². The number of hydrogen-bond acceptors (Lipinski definition) is 6. The van der Waals surface area contributed by atoms with Gasteiger partial charge in [0.05, 0.1) is 18.8 Å². The highest BCUT2D eigenvalue weighted by Crippen LogP contribution is 2.35. The number of benzene rings is 2. The molecule has 0 radical (unpaired) electrons. The number of hydrogen-bond donors (Lipinski definition) is 1. The van der Waals surface area contributed by atoms with Gasteiger partial charge in [-0.3, -0.25) is 9.59 Å². The van der Waals surface area contributed by atoms with Gasteiger partial charge in [-0.1, -0.05) is 73.5 Å². The normalized spacial score (nSPS) is 16.8. The first-order chi connectivity index (χ1) is 18.4. The van der Waals surface area contributed by atoms with Gasteiger partial charge in [0.15, 0.2) is 0 Å². The fourth-order valence-corrected chi connectivity index (χ4v) is 5.04. The average Bonchev–Trinajstić information content (AvgIpc) is 3.30. The van der Waals surface area contributed by atoms with Crippen LogP contribution in [0.25, 0.3) is 0 Å². The van der Waals surface area contributed by atoms with Crippen molar-refractivity contribution in [3.63, 3.8) is 0 Å². The quantitative estimate of drug-likeness (QED) is 0.148. The van der Waals surface area contributed by atoms with Gasteiger partial charge in [0, 0.05) is 44.7 Å². The molecule has 0 aliphatic carbocycles. The largest absolute Gasteiger partial charge is 0.466 e. The van der Waals surface area contributed by atoms with E-state index in [2.05, 4.69) is 0 Å². The molecule has 38 heavy (non-hydrogen) atoms. The fourth-order valence-electron chi connectivity index (χ4n) is 5.04. The molecular formula is C31H41NO6. The number of amides is 1. The highest BCUT2D eigenvalue weighted by Gasteiger charge is 2.35. The van der Waals surface area contributed by atoms with Crippen LogP contribution in [-0.4, -0.2) is 55.3 Å². The van der Waals surface area contributed by atoms with Crippen molar-refractivity contribution >= 4 is 11.9 Å². The SMILES string of the molecule is CCOC(=O)CCCCCCN1C(=O)CC[C@@H]1C=CC(O)c1cccc(C(OC)(OC)c2ccccc2)c1. The Balaban J connectivity index is 1.60. The molecule has 1 saturated heterocycles. The van der Waals surface area contributed by atoms with E-state index in [4.69, 9.17) is 14.2 Å². The summed E-state index contributed by atoms with van der Waals surface area (Å²) in [4.78, 5) is 25.8. The van der Waals surface area contributed by atoms with Crippen LogP contribution in [0.2, 0.25) is 0 Å². The smallest absolute Gasteiger partial charge is 0.305 e. The Hall–Kier alpha value is -3.00. The summed E-state index contributed by atoms with van der Waals surface area (Å²) in [7, 11) is 3.21. The van der Waals surface area contributed by atoms with Gasteiger partial charge < -0.3 is 24.2 Å². The fraction of sp³-hybridized carbons (Fsp3) is 0.484. The number of unbranched alkanes of at least 4 members (excludes halogenated alkanes) is 3. The molecule has 1 N–H and O–H groups in total. The van der Waals surface area contributed by atoms with E-state index in [0.717, 1.165) is 43.2 Å². The lowest BCUT2D eigenvalue weighted by Crippen LogP contribution is -2.32. The summed E-state index contributed by atoms with van der Waals surface area (Å²) >= 11 is 0. The van der Waals surface area contributed by atoms with Crippen LogP contribution in [0.4, 0.5) is 0 Å². The van der Waals surface area contributed by atoms with Crippen LogP contribution in [-0.2, 0) is 29.6 Å². The predicted octanol–water partition coefficient (Wildman–Crippen LogP) is 5.27. The molecule has 1 unspecified atom stereocenters. The van der Waals surface area contributed by atoms with Gasteiger partial charge in [-0.15, -0.1) is 0 Å². The minimum atomic E-state index is -1.09. The second-order valence-corrected chi connectivity index (χ2v) is 9.51. The molecule has 1 aliphatic rings. The first-order valence-electron chi connectivity index (χ1n) is 13.5. The minimum absolute atomic E-state index is 0.0266. The van der Waals surface area contributed by atoms with Gasteiger partial charge in [-0.05, 0) is 37.8 Å². The van der Waals surface area contributed by atoms with Crippen molar-refractivity contribution in [1.29, 1.82) is 0 Å². The third-order valence-electron chi connectivity index (χ3n) is 7.06. The van der Waals surface area contributed by atoms with Crippen molar-refractivity contribution < 1.29 is 28.9 Å². The molecule has 1 aliphatic heterocycles.